The first-order valence-corrected chi connectivity index (χ1v) is 5.62. The summed E-state index contributed by atoms with van der Waals surface area (Å²) in [5.41, 5.74) is 2.22. The van der Waals surface area contributed by atoms with Gasteiger partial charge in [0.15, 0.2) is 0 Å². The zero-order chi connectivity index (χ0) is 12.6. The lowest BCUT2D eigenvalue weighted by Crippen LogP contribution is -2.18. The lowest BCUT2D eigenvalue weighted by atomic mass is 9.88. The summed E-state index contributed by atoms with van der Waals surface area (Å²) in [7, 11) is 0. The van der Waals surface area contributed by atoms with E-state index in [-0.39, 0.29) is 10.8 Å². The zero-order valence-electron chi connectivity index (χ0n) is 11.1. The molecule has 0 aliphatic carbocycles. The van der Waals surface area contributed by atoms with E-state index in [0.29, 0.717) is 6.54 Å². The van der Waals surface area contributed by atoms with Gasteiger partial charge in [0.25, 0.3) is 0 Å². The largest absolute Gasteiger partial charge is 0.255 e. The molecule has 0 N–H and O–H groups in total. The van der Waals surface area contributed by atoms with Crippen molar-refractivity contribution in [1.82, 2.24) is 9.78 Å². The van der Waals surface area contributed by atoms with E-state index >= 15 is 0 Å². The highest BCUT2D eigenvalue weighted by Crippen LogP contribution is 2.28. The summed E-state index contributed by atoms with van der Waals surface area (Å²) >= 11 is 0. The molecule has 0 unspecified atom stereocenters. The maximum Gasteiger partial charge on any atom is 0.128 e. The van der Waals surface area contributed by atoms with Crippen LogP contribution >= 0.6 is 0 Å². The fraction of sp³-hybridized carbons (Fsp3) is 0.692. The van der Waals surface area contributed by atoms with Gasteiger partial charge < -0.3 is 0 Å². The van der Waals surface area contributed by atoms with E-state index in [9.17, 15) is 0 Å². The Bertz CT molecular complexity index is 408. The summed E-state index contributed by atoms with van der Waals surface area (Å²) in [6.07, 6.45) is 0. The van der Waals surface area contributed by atoms with Crippen molar-refractivity contribution in [2.24, 2.45) is 0 Å². The second-order valence-corrected chi connectivity index (χ2v) is 6.23. The van der Waals surface area contributed by atoms with Gasteiger partial charge in [0, 0.05) is 16.5 Å². The lowest BCUT2D eigenvalue weighted by Gasteiger charge is -2.18. The van der Waals surface area contributed by atoms with Crippen molar-refractivity contribution < 1.29 is 0 Å². The molecule has 0 bridgehead atoms. The number of rotatable bonds is 1. The summed E-state index contributed by atoms with van der Waals surface area (Å²) in [6, 6.07) is 4.28. The third kappa shape index (κ3) is 2.63. The monoisotopic (exact) mass is 219 g/mol. The first kappa shape index (κ1) is 12.8. The molecule has 88 valence electrons. The zero-order valence-corrected chi connectivity index (χ0v) is 11.1. The number of hydrogen-bond donors (Lipinski definition) is 0. The van der Waals surface area contributed by atoms with Gasteiger partial charge in [-0.05, 0) is 6.07 Å². The normalized spacial score (nSPS) is 12.6. The van der Waals surface area contributed by atoms with Gasteiger partial charge >= 0.3 is 0 Å². The van der Waals surface area contributed by atoms with Gasteiger partial charge in [-0.25, -0.2) is 0 Å². The summed E-state index contributed by atoms with van der Waals surface area (Å²) in [6.45, 7) is 13.2. The molecule has 0 saturated carbocycles. The Morgan fingerprint density at radius 1 is 1.19 bits per heavy atom. The first-order chi connectivity index (χ1) is 7.16. The van der Waals surface area contributed by atoms with Gasteiger partial charge in [-0.15, -0.1) is 0 Å². The van der Waals surface area contributed by atoms with Crippen LogP contribution in [0.1, 0.15) is 52.9 Å². The smallest absolute Gasteiger partial charge is 0.128 e. The number of hydrogen-bond acceptors (Lipinski definition) is 2. The lowest BCUT2D eigenvalue weighted by molar-refractivity contribution is 0.501. The summed E-state index contributed by atoms with van der Waals surface area (Å²) in [4.78, 5) is 0. The average Bonchev–Trinajstić information content (AvgIpc) is 2.46. The molecule has 0 aliphatic heterocycles. The van der Waals surface area contributed by atoms with Crippen molar-refractivity contribution in [3.8, 4) is 6.07 Å². The molecule has 1 aromatic heterocycles. The second-order valence-electron chi connectivity index (χ2n) is 6.23. The van der Waals surface area contributed by atoms with Crippen LogP contribution in [0.2, 0.25) is 0 Å². The topological polar surface area (TPSA) is 41.6 Å². The second kappa shape index (κ2) is 3.93. The minimum absolute atomic E-state index is 0.0212. The van der Waals surface area contributed by atoms with E-state index in [1.165, 1.54) is 0 Å². The molecule has 0 fully saturated rings. The van der Waals surface area contributed by atoms with Crippen molar-refractivity contribution in [3.63, 3.8) is 0 Å². The van der Waals surface area contributed by atoms with Crippen molar-refractivity contribution in [2.45, 2.75) is 58.9 Å². The van der Waals surface area contributed by atoms with E-state index in [2.05, 4.69) is 58.8 Å². The molecule has 0 aliphatic rings. The molecule has 0 saturated heterocycles. The highest BCUT2D eigenvalue weighted by atomic mass is 15.3. The van der Waals surface area contributed by atoms with Gasteiger partial charge in [0.1, 0.15) is 6.54 Å². The number of nitriles is 1. The fourth-order valence-corrected chi connectivity index (χ4v) is 1.57. The van der Waals surface area contributed by atoms with Crippen molar-refractivity contribution >= 4 is 0 Å². The van der Waals surface area contributed by atoms with E-state index in [1.807, 2.05) is 4.68 Å². The number of aromatic nitrogens is 2. The van der Waals surface area contributed by atoms with Crippen LogP contribution in [-0.4, -0.2) is 9.78 Å². The molecule has 1 rings (SSSR count). The van der Waals surface area contributed by atoms with Gasteiger partial charge in [0.05, 0.1) is 11.8 Å². The van der Waals surface area contributed by atoms with Crippen LogP contribution in [0.3, 0.4) is 0 Å². The van der Waals surface area contributed by atoms with Crippen LogP contribution in [0.5, 0.6) is 0 Å². The first-order valence-electron chi connectivity index (χ1n) is 5.62. The molecule has 0 radical (unpaired) electrons. The standard InChI is InChI=1S/C13H21N3/c1-12(2,3)10-9-11(13(4,5)6)16(15-10)8-7-14/h9H,8H2,1-6H3. The maximum atomic E-state index is 8.81. The minimum atomic E-state index is 0.0212. The minimum Gasteiger partial charge on any atom is -0.255 e. The van der Waals surface area contributed by atoms with Crippen LogP contribution in [0.4, 0.5) is 0 Å². The van der Waals surface area contributed by atoms with Gasteiger partial charge in [-0.2, -0.15) is 10.4 Å². The molecule has 1 heterocycles. The molecule has 0 atom stereocenters. The molecule has 0 spiro atoms. The predicted molar refractivity (Wildman–Crippen MR) is 65.2 cm³/mol. The summed E-state index contributed by atoms with van der Waals surface area (Å²) in [5, 5.41) is 13.3. The molecule has 1 aromatic rings. The quantitative estimate of drug-likeness (QED) is 0.728. The van der Waals surface area contributed by atoms with Crippen LogP contribution in [-0.2, 0) is 17.4 Å². The maximum absolute atomic E-state index is 8.81. The Morgan fingerprint density at radius 2 is 1.75 bits per heavy atom. The van der Waals surface area contributed by atoms with Crippen molar-refractivity contribution in [2.75, 3.05) is 0 Å². The fourth-order valence-electron chi connectivity index (χ4n) is 1.57. The third-order valence-electron chi connectivity index (χ3n) is 2.54. The van der Waals surface area contributed by atoms with Crippen LogP contribution in [0.25, 0.3) is 0 Å². The SMILES string of the molecule is CC(C)(C)c1cc(C(C)(C)C)n(CC#N)n1. The van der Waals surface area contributed by atoms with E-state index in [4.69, 9.17) is 5.26 Å². The van der Waals surface area contributed by atoms with Crippen molar-refractivity contribution in [1.29, 1.82) is 5.26 Å². The van der Waals surface area contributed by atoms with Gasteiger partial charge in [-0.3, -0.25) is 4.68 Å². The molecule has 16 heavy (non-hydrogen) atoms. The molecular weight excluding hydrogens is 198 g/mol. The van der Waals surface area contributed by atoms with Crippen molar-refractivity contribution in [3.05, 3.63) is 17.5 Å². The van der Waals surface area contributed by atoms with E-state index in [1.54, 1.807) is 0 Å². The Morgan fingerprint density at radius 3 is 2.12 bits per heavy atom. The molecule has 3 heteroatoms. The van der Waals surface area contributed by atoms with Gasteiger partial charge in [-0.1, -0.05) is 41.5 Å². The van der Waals surface area contributed by atoms with E-state index in [0.717, 1.165) is 11.4 Å². The van der Waals surface area contributed by atoms with Crippen LogP contribution < -0.4 is 0 Å². The molecule has 3 nitrogen and oxygen atoms in total. The Hall–Kier alpha value is -1.30. The third-order valence-corrected chi connectivity index (χ3v) is 2.54. The van der Waals surface area contributed by atoms with E-state index < -0.39 is 0 Å². The molecule has 0 aromatic carbocycles. The van der Waals surface area contributed by atoms with Gasteiger partial charge in [0.2, 0.25) is 0 Å². The Labute approximate surface area is 98.1 Å². The Balaban J connectivity index is 3.27. The average molecular weight is 219 g/mol. The highest BCUT2D eigenvalue weighted by Gasteiger charge is 2.25. The summed E-state index contributed by atoms with van der Waals surface area (Å²) in [5.74, 6) is 0. The van der Waals surface area contributed by atoms with Crippen LogP contribution in [0, 0.1) is 11.3 Å². The van der Waals surface area contributed by atoms with Crippen LogP contribution in [0.15, 0.2) is 6.07 Å². The molecule has 0 amide bonds. The summed E-state index contributed by atoms with van der Waals surface area (Å²) < 4.78 is 1.82. The molecular formula is C13H21N3. The number of nitrogens with zero attached hydrogens (tertiary/aromatic N) is 3. The Kier molecular flexibility index (Phi) is 3.14. The predicted octanol–water partition coefficient (Wildman–Crippen LogP) is 3.00. The highest BCUT2D eigenvalue weighted by molar-refractivity contribution is 5.23.